The summed E-state index contributed by atoms with van der Waals surface area (Å²) in [6.45, 7) is 1.07. The molecule has 0 atom stereocenters. The quantitative estimate of drug-likeness (QED) is 0.814. The molecule has 1 aliphatic rings. The largest absolute Gasteiger partial charge is 0.493 e. The molecule has 1 aromatic heterocycles. The van der Waals surface area contributed by atoms with Gasteiger partial charge in [-0.25, -0.2) is 4.98 Å². The van der Waals surface area contributed by atoms with Gasteiger partial charge in [-0.3, -0.25) is 9.89 Å². The van der Waals surface area contributed by atoms with E-state index in [4.69, 9.17) is 4.74 Å². The average molecular weight is 270 g/mol. The van der Waals surface area contributed by atoms with Gasteiger partial charge >= 0.3 is 0 Å². The fraction of sp³-hybridized carbons (Fsp3) is 0.214. The molecule has 0 fully saturated rings. The Hall–Kier alpha value is -2.63. The lowest BCUT2D eigenvalue weighted by atomic mass is 10.1. The predicted molar refractivity (Wildman–Crippen MR) is 72.9 cm³/mol. The van der Waals surface area contributed by atoms with Gasteiger partial charge in [-0.2, -0.15) is 5.10 Å². The second-order valence-corrected chi connectivity index (χ2v) is 4.45. The van der Waals surface area contributed by atoms with Crippen molar-refractivity contribution in [2.75, 3.05) is 6.61 Å². The standard InChI is InChI=1S/C14H14N4O2/c19-14(15-8-13-16-9-17-18-13)4-2-10-1-3-12-11(7-10)5-6-20-12/h1-4,7,9H,5-6,8H2,(H,15,19)(H,16,17,18)/b4-2+. The van der Waals surface area contributed by atoms with Crippen LogP contribution < -0.4 is 10.1 Å². The van der Waals surface area contributed by atoms with E-state index in [-0.39, 0.29) is 5.91 Å². The molecule has 102 valence electrons. The van der Waals surface area contributed by atoms with Crippen LogP contribution in [0.5, 0.6) is 5.75 Å². The number of ether oxygens (including phenoxy) is 1. The van der Waals surface area contributed by atoms with Crippen LogP contribution in [0.3, 0.4) is 0 Å². The van der Waals surface area contributed by atoms with Gasteiger partial charge in [-0.05, 0) is 29.3 Å². The molecule has 0 aliphatic carbocycles. The number of hydrogen-bond acceptors (Lipinski definition) is 4. The van der Waals surface area contributed by atoms with Gasteiger partial charge in [0.25, 0.3) is 0 Å². The second kappa shape index (κ2) is 5.56. The topological polar surface area (TPSA) is 79.9 Å². The molecule has 3 rings (SSSR count). The molecule has 1 aliphatic heterocycles. The maximum atomic E-state index is 11.7. The van der Waals surface area contributed by atoms with Crippen LogP contribution in [0, 0.1) is 0 Å². The van der Waals surface area contributed by atoms with E-state index in [0.717, 1.165) is 24.3 Å². The van der Waals surface area contributed by atoms with Crippen molar-refractivity contribution in [1.29, 1.82) is 0 Å². The Balaban J connectivity index is 1.58. The summed E-state index contributed by atoms with van der Waals surface area (Å²) in [6, 6.07) is 5.92. The molecule has 1 aromatic carbocycles. The molecule has 6 heteroatoms. The van der Waals surface area contributed by atoms with Crippen molar-refractivity contribution >= 4 is 12.0 Å². The highest BCUT2D eigenvalue weighted by molar-refractivity contribution is 5.91. The molecule has 0 unspecified atom stereocenters. The van der Waals surface area contributed by atoms with Gasteiger partial charge < -0.3 is 10.1 Å². The molecule has 2 heterocycles. The molecule has 2 N–H and O–H groups in total. The van der Waals surface area contributed by atoms with E-state index in [2.05, 4.69) is 20.5 Å². The van der Waals surface area contributed by atoms with Crippen LogP contribution in [-0.4, -0.2) is 27.7 Å². The molecule has 0 saturated carbocycles. The second-order valence-electron chi connectivity index (χ2n) is 4.45. The molecule has 20 heavy (non-hydrogen) atoms. The third-order valence-electron chi connectivity index (χ3n) is 3.04. The Morgan fingerprint density at radius 2 is 2.45 bits per heavy atom. The molecular formula is C14H14N4O2. The molecule has 0 bridgehead atoms. The van der Waals surface area contributed by atoms with E-state index in [1.54, 1.807) is 6.08 Å². The van der Waals surface area contributed by atoms with E-state index in [1.807, 2.05) is 18.2 Å². The van der Waals surface area contributed by atoms with Crippen LogP contribution in [0.15, 0.2) is 30.6 Å². The van der Waals surface area contributed by atoms with Crippen molar-refractivity contribution < 1.29 is 9.53 Å². The number of benzene rings is 1. The summed E-state index contributed by atoms with van der Waals surface area (Å²) in [6.07, 6.45) is 5.63. The van der Waals surface area contributed by atoms with E-state index in [9.17, 15) is 4.79 Å². The zero-order valence-corrected chi connectivity index (χ0v) is 10.8. The molecule has 2 aromatic rings. The number of carbonyl (C=O) groups is 1. The van der Waals surface area contributed by atoms with Crippen molar-refractivity contribution in [1.82, 2.24) is 20.5 Å². The highest BCUT2D eigenvalue weighted by Crippen LogP contribution is 2.26. The van der Waals surface area contributed by atoms with Gasteiger partial charge in [0, 0.05) is 12.5 Å². The van der Waals surface area contributed by atoms with Gasteiger partial charge in [-0.15, -0.1) is 0 Å². The highest BCUT2D eigenvalue weighted by Gasteiger charge is 2.11. The number of aromatic amines is 1. The fourth-order valence-corrected chi connectivity index (χ4v) is 2.03. The number of aromatic nitrogens is 3. The number of fused-ring (bicyclic) bond motifs is 1. The minimum atomic E-state index is -0.168. The highest BCUT2D eigenvalue weighted by atomic mass is 16.5. The molecule has 0 spiro atoms. The summed E-state index contributed by atoms with van der Waals surface area (Å²) in [5, 5.41) is 9.11. The molecule has 0 radical (unpaired) electrons. The molecular weight excluding hydrogens is 256 g/mol. The first-order chi connectivity index (χ1) is 9.81. The zero-order valence-electron chi connectivity index (χ0n) is 10.8. The minimum absolute atomic E-state index is 0.168. The number of nitrogens with zero attached hydrogens (tertiary/aromatic N) is 2. The first-order valence-electron chi connectivity index (χ1n) is 6.37. The minimum Gasteiger partial charge on any atom is -0.493 e. The number of carbonyl (C=O) groups excluding carboxylic acids is 1. The summed E-state index contributed by atoms with van der Waals surface area (Å²) in [4.78, 5) is 15.6. The van der Waals surface area contributed by atoms with Gasteiger partial charge in [0.05, 0.1) is 13.2 Å². The lowest BCUT2D eigenvalue weighted by Gasteiger charge is -2.00. The van der Waals surface area contributed by atoms with Crippen LogP contribution in [0.2, 0.25) is 0 Å². The van der Waals surface area contributed by atoms with E-state index >= 15 is 0 Å². The number of rotatable bonds is 4. The number of amides is 1. The van der Waals surface area contributed by atoms with Crippen LogP contribution in [0.4, 0.5) is 0 Å². The van der Waals surface area contributed by atoms with Crippen molar-refractivity contribution in [3.63, 3.8) is 0 Å². The summed E-state index contributed by atoms with van der Waals surface area (Å²) >= 11 is 0. The number of hydrogen-bond donors (Lipinski definition) is 2. The van der Waals surface area contributed by atoms with Crippen molar-refractivity contribution in [3.05, 3.63) is 47.6 Å². The summed E-state index contributed by atoms with van der Waals surface area (Å²) in [5.74, 6) is 1.40. The molecule has 6 nitrogen and oxygen atoms in total. The fourth-order valence-electron chi connectivity index (χ4n) is 2.03. The van der Waals surface area contributed by atoms with Gasteiger partial charge in [0.1, 0.15) is 17.9 Å². The monoisotopic (exact) mass is 270 g/mol. The van der Waals surface area contributed by atoms with E-state index < -0.39 is 0 Å². The third-order valence-corrected chi connectivity index (χ3v) is 3.04. The van der Waals surface area contributed by atoms with E-state index in [0.29, 0.717) is 12.4 Å². The van der Waals surface area contributed by atoms with Gasteiger partial charge in [0.2, 0.25) is 5.91 Å². The van der Waals surface area contributed by atoms with Crippen LogP contribution in [-0.2, 0) is 17.8 Å². The van der Waals surface area contributed by atoms with Gasteiger partial charge in [-0.1, -0.05) is 6.07 Å². The first-order valence-corrected chi connectivity index (χ1v) is 6.37. The Bertz CT molecular complexity index is 635. The Morgan fingerprint density at radius 3 is 3.30 bits per heavy atom. The maximum Gasteiger partial charge on any atom is 0.244 e. The lowest BCUT2D eigenvalue weighted by Crippen LogP contribution is -2.20. The Morgan fingerprint density at radius 1 is 1.50 bits per heavy atom. The Labute approximate surface area is 115 Å². The van der Waals surface area contributed by atoms with E-state index in [1.165, 1.54) is 18.0 Å². The third kappa shape index (κ3) is 2.85. The van der Waals surface area contributed by atoms with Crippen molar-refractivity contribution in [3.8, 4) is 5.75 Å². The normalized spacial score (nSPS) is 13.2. The zero-order chi connectivity index (χ0) is 13.8. The Kier molecular flexibility index (Phi) is 3.45. The summed E-state index contributed by atoms with van der Waals surface area (Å²) in [5.41, 5.74) is 2.18. The molecule has 0 saturated heterocycles. The SMILES string of the molecule is O=C(/C=C/c1ccc2c(c1)CCO2)NCc1ncn[nH]1. The maximum absolute atomic E-state index is 11.7. The van der Waals surface area contributed by atoms with Crippen LogP contribution in [0.25, 0.3) is 6.08 Å². The lowest BCUT2D eigenvalue weighted by molar-refractivity contribution is -0.116. The summed E-state index contributed by atoms with van der Waals surface area (Å²) < 4.78 is 5.44. The summed E-state index contributed by atoms with van der Waals surface area (Å²) in [7, 11) is 0. The van der Waals surface area contributed by atoms with Crippen molar-refractivity contribution in [2.45, 2.75) is 13.0 Å². The smallest absolute Gasteiger partial charge is 0.244 e. The molecule has 1 amide bonds. The number of nitrogens with one attached hydrogen (secondary N) is 2. The predicted octanol–water partition coefficient (Wildman–Crippen LogP) is 1.07. The van der Waals surface area contributed by atoms with Crippen LogP contribution >= 0.6 is 0 Å². The van der Waals surface area contributed by atoms with Gasteiger partial charge in [0.15, 0.2) is 0 Å². The number of H-pyrrole nitrogens is 1. The van der Waals surface area contributed by atoms with Crippen molar-refractivity contribution in [2.24, 2.45) is 0 Å². The van der Waals surface area contributed by atoms with Crippen LogP contribution in [0.1, 0.15) is 17.0 Å². The average Bonchev–Trinajstić information content (AvgIpc) is 3.13. The first kappa shape index (κ1) is 12.4.